The Kier molecular flexibility index (Phi) is 7.15. The molecule has 0 saturated carbocycles. The number of halogens is 1. The molecule has 148 valence electrons. The molecule has 1 unspecified atom stereocenters. The maximum atomic E-state index is 13.5. The summed E-state index contributed by atoms with van der Waals surface area (Å²) in [6, 6.07) is 5.69. The number of nitrogens with one attached hydrogen (secondary N) is 1. The second kappa shape index (κ2) is 9.14. The fraction of sp³-hybridized carbons (Fsp3) is 0.421. The van der Waals surface area contributed by atoms with Gasteiger partial charge in [-0.25, -0.2) is 9.18 Å². The molecule has 8 heteroatoms. The monoisotopic (exact) mass is 394 g/mol. The summed E-state index contributed by atoms with van der Waals surface area (Å²) in [6.45, 7) is 4.97. The van der Waals surface area contributed by atoms with Gasteiger partial charge >= 0.3 is 6.03 Å². The summed E-state index contributed by atoms with van der Waals surface area (Å²) in [7, 11) is 0. The summed E-state index contributed by atoms with van der Waals surface area (Å²) in [5, 5.41) is 2.70. The lowest BCUT2D eigenvalue weighted by Crippen LogP contribution is -2.49. The molecule has 0 aliphatic carbocycles. The Hall–Kier alpha value is -2.19. The molecule has 1 heterocycles. The molecule has 1 aromatic carbocycles. The lowest BCUT2D eigenvalue weighted by Gasteiger charge is -2.40. The van der Waals surface area contributed by atoms with Crippen LogP contribution in [0.4, 0.5) is 9.18 Å². The highest BCUT2D eigenvalue weighted by molar-refractivity contribution is 7.92. The molecule has 0 aromatic heterocycles. The second-order valence-corrected chi connectivity index (χ2v) is 9.06. The van der Waals surface area contributed by atoms with Crippen molar-refractivity contribution in [2.24, 2.45) is 17.4 Å². The molecule has 6 nitrogen and oxygen atoms in total. The van der Waals surface area contributed by atoms with E-state index in [9.17, 15) is 13.7 Å². The molecule has 0 spiro atoms. The van der Waals surface area contributed by atoms with Crippen molar-refractivity contribution in [3.8, 4) is 0 Å². The zero-order valence-electron chi connectivity index (χ0n) is 15.7. The minimum absolute atomic E-state index is 0.152. The Balaban J connectivity index is 1.98. The smallest absolute Gasteiger partial charge is 0.321 e. The lowest BCUT2D eigenvalue weighted by molar-refractivity contribution is 0.163. The third-order valence-electron chi connectivity index (χ3n) is 4.96. The fourth-order valence-corrected chi connectivity index (χ4v) is 4.83. The Morgan fingerprint density at radius 1 is 1.37 bits per heavy atom. The second-order valence-electron chi connectivity index (χ2n) is 7.00. The van der Waals surface area contributed by atoms with Crippen molar-refractivity contribution in [1.82, 2.24) is 10.2 Å². The van der Waals surface area contributed by atoms with Crippen LogP contribution in [0.2, 0.25) is 0 Å². The van der Waals surface area contributed by atoms with E-state index in [4.69, 9.17) is 11.5 Å². The first-order valence-corrected chi connectivity index (χ1v) is 9.98. The first-order valence-electron chi connectivity index (χ1n) is 8.83. The van der Waals surface area contributed by atoms with Crippen LogP contribution in [0.3, 0.4) is 0 Å². The molecule has 1 fully saturated rings. The van der Waals surface area contributed by atoms with Crippen LogP contribution in [0.15, 0.2) is 53.3 Å². The van der Waals surface area contributed by atoms with E-state index in [1.165, 1.54) is 30.6 Å². The molecular weight excluding hydrogens is 367 g/mol. The molecule has 1 aliphatic heterocycles. The third kappa shape index (κ3) is 5.17. The summed E-state index contributed by atoms with van der Waals surface area (Å²) in [4.78, 5) is 14.5. The number of benzene rings is 1. The van der Waals surface area contributed by atoms with Crippen LogP contribution in [0, 0.1) is 11.7 Å². The van der Waals surface area contributed by atoms with Gasteiger partial charge < -0.3 is 26.2 Å². The average Bonchev–Trinajstić information content (AvgIpc) is 2.67. The lowest BCUT2D eigenvalue weighted by atomic mass is 9.86. The molecule has 2 rings (SSSR count). The van der Waals surface area contributed by atoms with E-state index >= 15 is 0 Å². The number of allylic oxidation sites excluding steroid dienone is 1. The van der Waals surface area contributed by atoms with Crippen LogP contribution >= 0.6 is 0 Å². The van der Waals surface area contributed by atoms with Gasteiger partial charge in [0.05, 0.1) is 5.70 Å². The van der Waals surface area contributed by atoms with Crippen molar-refractivity contribution in [1.29, 1.82) is 0 Å². The number of hydrogen-bond acceptors (Lipinski definition) is 4. The third-order valence-corrected chi connectivity index (χ3v) is 6.93. The minimum Gasteiger partial charge on any atom is -0.611 e. The number of nitrogens with zero attached hydrogens (tertiary/aromatic N) is 1. The van der Waals surface area contributed by atoms with E-state index in [-0.39, 0.29) is 11.9 Å². The highest BCUT2D eigenvalue weighted by atomic mass is 32.2. The molecule has 1 aromatic rings. The van der Waals surface area contributed by atoms with E-state index in [0.29, 0.717) is 23.7 Å². The van der Waals surface area contributed by atoms with Crippen LogP contribution < -0.4 is 16.8 Å². The standard InChI is InChI=1S/C19H27FN4O2S/c1-19(2,27(26)17-5-3-4-15(20)12-17)14-7-10-24(11-8-14)18(25)23-16(13-22)6-9-21/h3-6,9,12-14H,7-8,10-11,21-22H2,1-2H3,(H,23,25)/b9-6-,16-13+. The summed E-state index contributed by atoms with van der Waals surface area (Å²) >= 11 is -1.34. The molecule has 5 N–H and O–H groups in total. The average molecular weight is 395 g/mol. The number of likely N-dealkylation sites (tertiary alicyclic amines) is 1. The van der Waals surface area contributed by atoms with Crippen molar-refractivity contribution in [2.75, 3.05) is 13.1 Å². The fourth-order valence-electron chi connectivity index (χ4n) is 3.26. The van der Waals surface area contributed by atoms with Gasteiger partial charge in [0.1, 0.15) is 10.6 Å². The first-order chi connectivity index (χ1) is 12.8. The van der Waals surface area contributed by atoms with Crippen molar-refractivity contribution in [3.63, 3.8) is 0 Å². The normalized spacial score (nSPS) is 17.9. The summed E-state index contributed by atoms with van der Waals surface area (Å²) in [5.74, 6) is -0.238. The number of amides is 2. The number of nitrogens with two attached hydrogens (primary N) is 2. The van der Waals surface area contributed by atoms with Crippen molar-refractivity contribution < 1.29 is 13.7 Å². The Labute approximate surface area is 162 Å². The summed E-state index contributed by atoms with van der Waals surface area (Å²) in [6.07, 6.45) is 5.52. The summed E-state index contributed by atoms with van der Waals surface area (Å²) in [5.41, 5.74) is 11.2. The topological polar surface area (TPSA) is 107 Å². The molecule has 1 aliphatic rings. The minimum atomic E-state index is -1.34. The zero-order valence-corrected chi connectivity index (χ0v) is 16.5. The number of hydrogen-bond donors (Lipinski definition) is 3. The molecular formula is C19H27FN4O2S. The SMILES string of the molecule is CC(C)(C1CCN(C(=O)NC(/C=C\N)=C/N)CC1)[S+]([O-])c1cccc(F)c1. The largest absolute Gasteiger partial charge is 0.611 e. The van der Waals surface area contributed by atoms with Gasteiger partial charge in [0.25, 0.3) is 0 Å². The van der Waals surface area contributed by atoms with Gasteiger partial charge in [-0.2, -0.15) is 0 Å². The van der Waals surface area contributed by atoms with Crippen molar-refractivity contribution in [3.05, 3.63) is 54.3 Å². The van der Waals surface area contributed by atoms with Crippen molar-refractivity contribution in [2.45, 2.75) is 36.3 Å². The van der Waals surface area contributed by atoms with Crippen molar-refractivity contribution >= 4 is 17.2 Å². The number of urea groups is 1. The quantitative estimate of drug-likeness (QED) is 0.526. The van der Waals surface area contributed by atoms with E-state index < -0.39 is 21.7 Å². The van der Waals surface area contributed by atoms with E-state index in [1.54, 1.807) is 17.0 Å². The van der Waals surface area contributed by atoms with Gasteiger partial charge in [-0.3, -0.25) is 0 Å². The molecule has 2 amide bonds. The molecule has 0 bridgehead atoms. The van der Waals surface area contributed by atoms with Gasteiger partial charge in [-0.1, -0.05) is 6.07 Å². The number of carbonyl (C=O) groups excluding carboxylic acids is 1. The van der Waals surface area contributed by atoms with E-state index in [2.05, 4.69) is 5.32 Å². The van der Waals surface area contributed by atoms with Crippen LogP contribution in [-0.4, -0.2) is 33.3 Å². The van der Waals surface area contributed by atoms with Crippen LogP contribution in [-0.2, 0) is 11.2 Å². The predicted octanol–water partition coefficient (Wildman–Crippen LogP) is 2.41. The van der Waals surface area contributed by atoms with Crippen LogP contribution in [0.1, 0.15) is 26.7 Å². The van der Waals surface area contributed by atoms with Gasteiger partial charge in [0, 0.05) is 31.3 Å². The highest BCUT2D eigenvalue weighted by Crippen LogP contribution is 2.38. The number of carbonyl (C=O) groups is 1. The molecule has 27 heavy (non-hydrogen) atoms. The molecule has 0 radical (unpaired) electrons. The molecule has 1 saturated heterocycles. The Morgan fingerprint density at radius 3 is 2.59 bits per heavy atom. The highest BCUT2D eigenvalue weighted by Gasteiger charge is 2.43. The van der Waals surface area contributed by atoms with Gasteiger partial charge in [-0.05, 0) is 62.3 Å². The maximum Gasteiger partial charge on any atom is 0.321 e. The van der Waals surface area contributed by atoms with Gasteiger partial charge in [-0.15, -0.1) is 0 Å². The number of piperidine rings is 1. The first kappa shape index (κ1) is 21.1. The van der Waals surface area contributed by atoms with Crippen LogP contribution in [0.25, 0.3) is 0 Å². The Bertz CT molecular complexity index is 715. The predicted molar refractivity (Wildman–Crippen MR) is 105 cm³/mol. The van der Waals surface area contributed by atoms with Gasteiger partial charge in [0.2, 0.25) is 0 Å². The van der Waals surface area contributed by atoms with Gasteiger partial charge in [0.15, 0.2) is 4.90 Å². The van der Waals surface area contributed by atoms with E-state index in [1.807, 2.05) is 13.8 Å². The van der Waals surface area contributed by atoms with Crippen LogP contribution in [0.5, 0.6) is 0 Å². The number of rotatable bonds is 5. The summed E-state index contributed by atoms with van der Waals surface area (Å²) < 4.78 is 25.9. The maximum absolute atomic E-state index is 13.5. The Morgan fingerprint density at radius 2 is 2.04 bits per heavy atom. The zero-order chi connectivity index (χ0) is 20.0. The van der Waals surface area contributed by atoms with E-state index in [0.717, 1.165) is 12.8 Å². The molecule has 1 atom stereocenters.